The summed E-state index contributed by atoms with van der Waals surface area (Å²) >= 11 is 0. The maximum Gasteiger partial charge on any atom is 0.749 e. The van der Waals surface area contributed by atoms with Crippen LogP contribution in [0.4, 0.5) is 5.69 Å². The summed E-state index contributed by atoms with van der Waals surface area (Å²) in [7, 11) is -3.26. The zero-order chi connectivity index (χ0) is 16.0. The van der Waals surface area contributed by atoms with Gasteiger partial charge in [-0.25, -0.2) is 0 Å². The van der Waals surface area contributed by atoms with Crippen LogP contribution < -0.4 is 10.2 Å². The van der Waals surface area contributed by atoms with Crippen molar-refractivity contribution in [1.29, 1.82) is 0 Å². The number of nitrogens with two attached hydrogens (primary N) is 1. The van der Waals surface area contributed by atoms with Gasteiger partial charge in [-0.2, -0.15) is 0 Å². The smallest absolute Gasteiger partial charge is 0.477 e. The molecule has 120 valence electrons. The van der Waals surface area contributed by atoms with Crippen molar-refractivity contribution >= 4 is 25.5 Å². The molecule has 0 aromatic heterocycles. The third-order valence-electron chi connectivity index (χ3n) is 3.10. The van der Waals surface area contributed by atoms with Crippen molar-refractivity contribution in [2.45, 2.75) is 20.8 Å². The number of anilines is 1. The van der Waals surface area contributed by atoms with Crippen molar-refractivity contribution in [3.63, 3.8) is 0 Å². The second kappa shape index (κ2) is 7.60. The molecular weight excluding hydrogens is 298 g/mol. The third kappa shape index (κ3) is 3.59. The first-order chi connectivity index (χ1) is 10.7. The molecule has 0 unspecified atom stereocenters. The lowest BCUT2D eigenvalue weighted by molar-refractivity contribution is 0.0103. The Kier molecular flexibility index (Phi) is 5.79. The van der Waals surface area contributed by atoms with E-state index in [1.54, 1.807) is 0 Å². The van der Waals surface area contributed by atoms with E-state index in [1.165, 1.54) is 0 Å². The molecule has 6 heteroatoms. The van der Waals surface area contributed by atoms with Crippen LogP contribution in [0.25, 0.3) is 10.8 Å². The normalized spacial score (nSPS) is 11.8. The molecule has 2 rings (SSSR count). The number of hydrogen-bond donors (Lipinski definition) is 1. The van der Waals surface area contributed by atoms with Gasteiger partial charge in [-0.05, 0) is 32.2 Å². The minimum Gasteiger partial charge on any atom is -0.477 e. The lowest BCUT2D eigenvalue weighted by Gasteiger charge is -2.28. The van der Waals surface area contributed by atoms with Gasteiger partial charge in [-0.3, -0.25) is 0 Å². The minimum atomic E-state index is -3.26. The van der Waals surface area contributed by atoms with Crippen molar-refractivity contribution < 1.29 is 17.7 Å². The Morgan fingerprint density at radius 1 is 0.864 bits per heavy atom. The molecule has 0 aliphatic heterocycles. The maximum absolute atomic E-state index is 6.11. The summed E-state index contributed by atoms with van der Waals surface area (Å²) in [6.45, 7) is 6.98. The van der Waals surface area contributed by atoms with Crippen LogP contribution in [-0.4, -0.2) is 28.9 Å². The summed E-state index contributed by atoms with van der Waals surface area (Å²) in [6, 6.07) is 11.7. The van der Waals surface area contributed by atoms with Crippen LogP contribution in [0.5, 0.6) is 5.75 Å². The molecule has 0 spiro atoms. The Morgan fingerprint density at radius 2 is 1.45 bits per heavy atom. The van der Waals surface area contributed by atoms with Gasteiger partial charge >= 0.3 is 9.05 Å². The van der Waals surface area contributed by atoms with Gasteiger partial charge in [0, 0.05) is 25.2 Å². The van der Waals surface area contributed by atoms with Gasteiger partial charge in [0.15, 0.2) is 0 Å². The summed E-state index contributed by atoms with van der Waals surface area (Å²) in [5, 5.41) is 1.96. The van der Waals surface area contributed by atoms with E-state index in [-0.39, 0.29) is 0 Å². The third-order valence-corrected chi connectivity index (χ3v) is 5.48. The van der Waals surface area contributed by atoms with E-state index in [9.17, 15) is 0 Å². The summed E-state index contributed by atoms with van der Waals surface area (Å²) < 4.78 is 23.3. The van der Waals surface area contributed by atoms with Gasteiger partial charge in [-0.15, -0.1) is 0 Å². The van der Waals surface area contributed by atoms with Crippen LogP contribution in [0.15, 0.2) is 36.4 Å². The number of fused-ring (bicyclic) bond motifs is 1. The van der Waals surface area contributed by atoms with E-state index in [0.717, 1.165) is 10.8 Å². The Morgan fingerprint density at radius 3 is 2.05 bits per heavy atom. The quantitative estimate of drug-likeness (QED) is 0.597. The molecule has 5 nitrogen and oxygen atoms in total. The summed E-state index contributed by atoms with van der Waals surface area (Å²) in [5.74, 6) is 0.556. The average molecular weight is 321 g/mol. The van der Waals surface area contributed by atoms with Gasteiger partial charge < -0.3 is 23.4 Å². The molecule has 22 heavy (non-hydrogen) atoms. The fraction of sp³-hybridized carbons (Fsp3) is 0.375. The van der Waals surface area contributed by atoms with E-state index < -0.39 is 9.05 Å². The van der Waals surface area contributed by atoms with Gasteiger partial charge in [0.05, 0.1) is 5.69 Å². The molecular formula is C16H23NO4Si. The topological polar surface area (TPSA) is 62.9 Å². The van der Waals surface area contributed by atoms with Crippen molar-refractivity contribution in [2.75, 3.05) is 25.6 Å². The molecule has 0 saturated heterocycles. The first kappa shape index (κ1) is 16.8. The Hall–Kier alpha value is -1.60. The lowest BCUT2D eigenvalue weighted by Crippen LogP contribution is -2.52. The highest BCUT2D eigenvalue weighted by molar-refractivity contribution is 6.54. The summed E-state index contributed by atoms with van der Waals surface area (Å²) in [6.07, 6.45) is 0. The van der Waals surface area contributed by atoms with E-state index in [4.69, 9.17) is 23.4 Å². The first-order valence-corrected chi connectivity index (χ1v) is 9.17. The average Bonchev–Trinajstić information content (AvgIpc) is 2.51. The number of benzene rings is 2. The summed E-state index contributed by atoms with van der Waals surface area (Å²) in [4.78, 5) is 0. The summed E-state index contributed by atoms with van der Waals surface area (Å²) in [5.41, 5.74) is 6.65. The second-order valence-electron chi connectivity index (χ2n) is 4.61. The van der Waals surface area contributed by atoms with Crippen LogP contribution >= 0.6 is 0 Å². The van der Waals surface area contributed by atoms with Crippen molar-refractivity contribution in [3.8, 4) is 5.75 Å². The molecule has 0 radical (unpaired) electrons. The fourth-order valence-electron chi connectivity index (χ4n) is 2.24. The predicted octanol–water partition coefficient (Wildman–Crippen LogP) is 3.35. The van der Waals surface area contributed by atoms with Crippen LogP contribution in [0.2, 0.25) is 0 Å². The van der Waals surface area contributed by atoms with Crippen molar-refractivity contribution in [1.82, 2.24) is 0 Å². The SMILES string of the molecule is CCO[Si](OCC)(OCC)Oc1c(N)ccc2ccccc12. The van der Waals surface area contributed by atoms with Crippen LogP contribution in [0.1, 0.15) is 20.8 Å². The van der Waals surface area contributed by atoms with Gasteiger partial charge in [0.1, 0.15) is 5.75 Å². The zero-order valence-corrected chi connectivity index (χ0v) is 14.3. The lowest BCUT2D eigenvalue weighted by atomic mass is 10.1. The number of rotatable bonds is 8. The van der Waals surface area contributed by atoms with Crippen LogP contribution in [0, 0.1) is 0 Å². The van der Waals surface area contributed by atoms with Gasteiger partial charge in [-0.1, -0.05) is 30.3 Å². The Bertz CT molecular complexity index is 603. The highest BCUT2D eigenvalue weighted by Gasteiger charge is 2.48. The maximum atomic E-state index is 6.11. The van der Waals surface area contributed by atoms with Gasteiger partial charge in [0.25, 0.3) is 0 Å². The molecule has 0 atom stereocenters. The molecule has 0 bridgehead atoms. The molecule has 0 heterocycles. The van der Waals surface area contributed by atoms with E-state index in [0.29, 0.717) is 31.3 Å². The van der Waals surface area contributed by atoms with Crippen LogP contribution in [0.3, 0.4) is 0 Å². The van der Waals surface area contributed by atoms with E-state index in [1.807, 2.05) is 57.2 Å². The van der Waals surface area contributed by atoms with Gasteiger partial charge in [0.2, 0.25) is 0 Å². The molecule has 2 N–H and O–H groups in total. The first-order valence-electron chi connectivity index (χ1n) is 7.53. The van der Waals surface area contributed by atoms with Crippen molar-refractivity contribution in [2.24, 2.45) is 0 Å². The number of nitrogen functional groups attached to an aromatic ring is 1. The molecule has 2 aromatic carbocycles. The molecule has 2 aromatic rings. The highest BCUT2D eigenvalue weighted by Crippen LogP contribution is 2.34. The Balaban J connectivity index is 2.46. The molecule has 0 fully saturated rings. The predicted molar refractivity (Wildman–Crippen MR) is 89.6 cm³/mol. The molecule has 0 aliphatic carbocycles. The molecule has 0 saturated carbocycles. The van der Waals surface area contributed by atoms with Crippen molar-refractivity contribution in [3.05, 3.63) is 36.4 Å². The Labute approximate surface area is 132 Å². The highest BCUT2D eigenvalue weighted by atomic mass is 28.4. The standard InChI is InChI=1S/C16H23NO4Si/c1-4-18-22(19-5-2,20-6-3)21-16-14-10-8-7-9-13(14)11-12-15(16)17/h7-12H,4-6,17H2,1-3H3. The molecule has 0 amide bonds. The van der Waals surface area contributed by atoms with E-state index in [2.05, 4.69) is 0 Å². The minimum absolute atomic E-state index is 0.441. The monoisotopic (exact) mass is 321 g/mol. The molecule has 0 aliphatic rings. The van der Waals surface area contributed by atoms with Crippen LogP contribution in [-0.2, 0) is 13.3 Å². The van der Waals surface area contributed by atoms with E-state index >= 15 is 0 Å². The second-order valence-corrected chi connectivity index (χ2v) is 6.68. The zero-order valence-electron chi connectivity index (χ0n) is 13.3. The number of hydrogen-bond acceptors (Lipinski definition) is 5. The largest absolute Gasteiger partial charge is 0.749 e. The fourth-order valence-corrected chi connectivity index (χ4v) is 4.21.